The van der Waals surface area contributed by atoms with E-state index in [1.807, 2.05) is 19.9 Å². The van der Waals surface area contributed by atoms with Crippen molar-refractivity contribution >= 4 is 41.7 Å². The lowest BCUT2D eigenvalue weighted by molar-refractivity contribution is 0.614. The molecule has 0 fully saturated rings. The number of nitrogens with one attached hydrogen (secondary N) is 2. The Morgan fingerprint density at radius 3 is 2.76 bits per heavy atom. The van der Waals surface area contributed by atoms with Crippen molar-refractivity contribution in [1.82, 2.24) is 20.2 Å². The Morgan fingerprint density at radius 1 is 1.36 bits per heavy atom. The summed E-state index contributed by atoms with van der Waals surface area (Å²) in [6.07, 6.45) is 5.48. The highest BCUT2D eigenvalue weighted by molar-refractivity contribution is 14.0. The summed E-state index contributed by atoms with van der Waals surface area (Å²) in [7, 11) is 0. The highest BCUT2D eigenvalue weighted by atomic mass is 127. The van der Waals surface area contributed by atoms with Gasteiger partial charge in [-0.15, -0.1) is 24.0 Å². The summed E-state index contributed by atoms with van der Waals surface area (Å²) in [6.45, 7) is 5.93. The Balaban J connectivity index is 0.00000312. The first-order chi connectivity index (χ1) is 11.7. The first-order valence-electron chi connectivity index (χ1n) is 7.95. The molecule has 0 aliphatic carbocycles. The predicted molar refractivity (Wildman–Crippen MR) is 115 cm³/mol. The molecular weight excluding hydrogens is 452 g/mol. The van der Waals surface area contributed by atoms with Crippen LogP contribution in [0, 0.1) is 12.7 Å². The van der Waals surface area contributed by atoms with Gasteiger partial charge in [-0.25, -0.2) is 14.4 Å². The SMILES string of the molecule is CCNC(=NCc1ccc(-n2ccnc2C)c(F)c1)NCCSC.I. The van der Waals surface area contributed by atoms with Crippen LogP contribution in [-0.4, -0.2) is 40.6 Å². The number of aryl methyl sites for hydroxylation is 1. The summed E-state index contributed by atoms with van der Waals surface area (Å²) in [6, 6.07) is 5.19. The van der Waals surface area contributed by atoms with Crippen molar-refractivity contribution in [3.05, 3.63) is 47.8 Å². The highest BCUT2D eigenvalue weighted by Gasteiger charge is 2.08. The fraction of sp³-hybridized carbons (Fsp3) is 0.412. The second-order valence-electron chi connectivity index (χ2n) is 5.24. The Bertz CT molecular complexity index is 689. The maximum atomic E-state index is 14.4. The Hall–Kier alpha value is -1.29. The minimum absolute atomic E-state index is 0. The van der Waals surface area contributed by atoms with Gasteiger partial charge in [0.1, 0.15) is 11.6 Å². The molecule has 2 aromatic rings. The van der Waals surface area contributed by atoms with E-state index in [1.165, 1.54) is 6.07 Å². The van der Waals surface area contributed by atoms with Gasteiger partial charge in [0.25, 0.3) is 0 Å². The zero-order valence-electron chi connectivity index (χ0n) is 14.8. The molecule has 2 rings (SSSR count). The van der Waals surface area contributed by atoms with E-state index in [4.69, 9.17) is 0 Å². The maximum absolute atomic E-state index is 14.4. The zero-order valence-corrected chi connectivity index (χ0v) is 17.9. The topological polar surface area (TPSA) is 54.2 Å². The van der Waals surface area contributed by atoms with Crippen LogP contribution >= 0.6 is 35.7 Å². The van der Waals surface area contributed by atoms with E-state index in [0.29, 0.717) is 12.2 Å². The molecule has 0 spiro atoms. The summed E-state index contributed by atoms with van der Waals surface area (Å²) in [5.41, 5.74) is 1.33. The van der Waals surface area contributed by atoms with Crippen LogP contribution < -0.4 is 10.6 Å². The number of imidazole rings is 1. The summed E-state index contributed by atoms with van der Waals surface area (Å²) >= 11 is 1.78. The van der Waals surface area contributed by atoms with Gasteiger partial charge in [0.15, 0.2) is 5.96 Å². The summed E-state index contributed by atoms with van der Waals surface area (Å²) < 4.78 is 16.1. The second-order valence-corrected chi connectivity index (χ2v) is 6.23. The van der Waals surface area contributed by atoms with Gasteiger partial charge in [-0.2, -0.15) is 11.8 Å². The number of hydrogen-bond acceptors (Lipinski definition) is 3. The van der Waals surface area contributed by atoms with Crippen LogP contribution in [0.2, 0.25) is 0 Å². The van der Waals surface area contributed by atoms with Gasteiger partial charge < -0.3 is 15.2 Å². The molecule has 0 radical (unpaired) electrons. The fourth-order valence-corrected chi connectivity index (χ4v) is 2.57. The predicted octanol–water partition coefficient (Wildman–Crippen LogP) is 3.36. The van der Waals surface area contributed by atoms with E-state index in [9.17, 15) is 4.39 Å². The van der Waals surface area contributed by atoms with Crippen molar-refractivity contribution in [3.63, 3.8) is 0 Å². The third-order valence-corrected chi connectivity index (χ3v) is 4.07. The van der Waals surface area contributed by atoms with Gasteiger partial charge in [-0.05, 0) is 37.8 Å². The molecule has 0 amide bonds. The monoisotopic (exact) mass is 477 g/mol. The lowest BCUT2D eigenvalue weighted by Gasteiger charge is -2.11. The molecule has 2 N–H and O–H groups in total. The molecule has 0 atom stereocenters. The van der Waals surface area contributed by atoms with E-state index >= 15 is 0 Å². The van der Waals surface area contributed by atoms with E-state index in [2.05, 4.69) is 26.9 Å². The molecule has 0 bridgehead atoms. The van der Waals surface area contributed by atoms with Crippen molar-refractivity contribution < 1.29 is 4.39 Å². The number of rotatable bonds is 7. The third kappa shape index (κ3) is 6.50. The number of aromatic nitrogens is 2. The van der Waals surface area contributed by atoms with Gasteiger partial charge in [-0.1, -0.05) is 6.07 Å². The minimum Gasteiger partial charge on any atom is -0.357 e. The van der Waals surface area contributed by atoms with Crippen LogP contribution in [0.25, 0.3) is 5.69 Å². The molecule has 0 aliphatic rings. The lowest BCUT2D eigenvalue weighted by atomic mass is 10.2. The second kappa shape index (κ2) is 11.3. The van der Waals surface area contributed by atoms with Gasteiger partial charge >= 0.3 is 0 Å². The van der Waals surface area contributed by atoms with Crippen molar-refractivity contribution in [2.75, 3.05) is 25.1 Å². The number of halogens is 2. The number of aliphatic imine (C=N–C) groups is 1. The standard InChI is InChI=1S/C17H24FN5S.HI/c1-4-19-17(21-8-10-24-3)22-12-14-5-6-16(15(18)11-14)23-9-7-20-13(23)2;/h5-7,9,11H,4,8,10,12H2,1-3H3,(H2,19,21,22);1H. The number of thioether (sulfide) groups is 1. The molecular formula is C17H25FIN5S. The average Bonchev–Trinajstić information content (AvgIpc) is 2.99. The van der Waals surface area contributed by atoms with Gasteiger partial charge in [0.05, 0.1) is 12.2 Å². The number of benzene rings is 1. The molecule has 1 aromatic carbocycles. The van der Waals surface area contributed by atoms with Crippen molar-refractivity contribution in [1.29, 1.82) is 0 Å². The van der Waals surface area contributed by atoms with Gasteiger partial charge in [0, 0.05) is 31.2 Å². The first-order valence-corrected chi connectivity index (χ1v) is 9.35. The minimum atomic E-state index is -0.274. The quantitative estimate of drug-likeness (QED) is 0.278. The van der Waals surface area contributed by atoms with Crippen LogP contribution in [0.15, 0.2) is 35.6 Å². The molecule has 1 heterocycles. The van der Waals surface area contributed by atoms with E-state index in [1.54, 1.807) is 34.8 Å². The van der Waals surface area contributed by atoms with Crippen LogP contribution in [0.1, 0.15) is 18.3 Å². The smallest absolute Gasteiger partial charge is 0.191 e. The van der Waals surface area contributed by atoms with Crippen molar-refractivity contribution in [2.24, 2.45) is 4.99 Å². The number of nitrogens with zero attached hydrogens (tertiary/aromatic N) is 3. The normalized spacial score (nSPS) is 11.1. The summed E-state index contributed by atoms with van der Waals surface area (Å²) in [5.74, 6) is 2.25. The van der Waals surface area contributed by atoms with Crippen molar-refractivity contribution in [2.45, 2.75) is 20.4 Å². The van der Waals surface area contributed by atoms with E-state index in [0.717, 1.165) is 36.2 Å². The molecule has 5 nitrogen and oxygen atoms in total. The fourth-order valence-electron chi connectivity index (χ4n) is 2.26. The molecule has 25 heavy (non-hydrogen) atoms. The first kappa shape index (κ1) is 21.8. The average molecular weight is 477 g/mol. The molecule has 1 aromatic heterocycles. The van der Waals surface area contributed by atoms with E-state index in [-0.39, 0.29) is 29.8 Å². The zero-order chi connectivity index (χ0) is 17.4. The molecule has 138 valence electrons. The summed E-state index contributed by atoms with van der Waals surface area (Å²) in [4.78, 5) is 8.63. The van der Waals surface area contributed by atoms with Crippen molar-refractivity contribution in [3.8, 4) is 5.69 Å². The molecule has 0 saturated carbocycles. The van der Waals surface area contributed by atoms with Crippen LogP contribution in [0.5, 0.6) is 0 Å². The van der Waals surface area contributed by atoms with Crippen LogP contribution in [0.3, 0.4) is 0 Å². The third-order valence-electron chi connectivity index (χ3n) is 3.46. The molecule has 8 heteroatoms. The number of hydrogen-bond donors (Lipinski definition) is 2. The largest absolute Gasteiger partial charge is 0.357 e. The lowest BCUT2D eigenvalue weighted by Crippen LogP contribution is -2.38. The van der Waals surface area contributed by atoms with Crippen LogP contribution in [0.4, 0.5) is 4.39 Å². The highest BCUT2D eigenvalue weighted by Crippen LogP contribution is 2.17. The molecule has 0 unspecified atom stereocenters. The summed E-state index contributed by atoms with van der Waals surface area (Å²) in [5, 5.41) is 6.45. The molecule has 0 saturated heterocycles. The Morgan fingerprint density at radius 2 is 2.16 bits per heavy atom. The van der Waals surface area contributed by atoms with Gasteiger partial charge in [-0.3, -0.25) is 0 Å². The van der Waals surface area contributed by atoms with Gasteiger partial charge in [0.2, 0.25) is 0 Å². The Labute approximate surface area is 169 Å². The van der Waals surface area contributed by atoms with E-state index < -0.39 is 0 Å². The van der Waals surface area contributed by atoms with Crippen LogP contribution in [-0.2, 0) is 6.54 Å². The Kier molecular flexibility index (Phi) is 9.88. The maximum Gasteiger partial charge on any atom is 0.191 e. The molecule has 0 aliphatic heterocycles. The number of guanidine groups is 1.